The van der Waals surface area contributed by atoms with Crippen molar-refractivity contribution in [3.8, 4) is 5.75 Å². The van der Waals surface area contributed by atoms with Crippen LogP contribution in [-0.2, 0) is 17.8 Å². The van der Waals surface area contributed by atoms with Crippen LogP contribution >= 0.6 is 11.6 Å². The fraction of sp³-hybridized carbons (Fsp3) is 0.286. The maximum Gasteiger partial charge on any atom is 0.177 e. The molecule has 2 rings (SSSR count). The number of halogens is 1. The third kappa shape index (κ3) is 3.83. The van der Waals surface area contributed by atoms with Gasteiger partial charge in [-0.1, -0.05) is 17.7 Å². The highest BCUT2D eigenvalue weighted by Crippen LogP contribution is 2.17. The van der Waals surface area contributed by atoms with E-state index in [0.717, 1.165) is 12.4 Å². The summed E-state index contributed by atoms with van der Waals surface area (Å²) < 4.78 is 7.34. The van der Waals surface area contributed by atoms with E-state index in [1.165, 1.54) is 0 Å². The van der Waals surface area contributed by atoms with Gasteiger partial charge in [-0.3, -0.25) is 4.79 Å². The second-order valence-corrected chi connectivity index (χ2v) is 4.53. The Kier molecular flexibility index (Phi) is 4.58. The number of hydrogen-bond acceptors (Lipinski definition) is 3. The summed E-state index contributed by atoms with van der Waals surface area (Å²) in [6.07, 6.45) is 3.84. The van der Waals surface area contributed by atoms with Gasteiger partial charge in [0, 0.05) is 24.0 Å². The van der Waals surface area contributed by atoms with Crippen molar-refractivity contribution in [1.82, 2.24) is 9.55 Å². The molecule has 0 bridgehead atoms. The van der Waals surface area contributed by atoms with Crippen molar-refractivity contribution in [1.29, 1.82) is 0 Å². The van der Waals surface area contributed by atoms with Gasteiger partial charge < -0.3 is 9.30 Å². The molecule has 0 amide bonds. The van der Waals surface area contributed by atoms with E-state index in [2.05, 4.69) is 4.98 Å². The second-order valence-electron chi connectivity index (χ2n) is 4.09. The fourth-order valence-corrected chi connectivity index (χ4v) is 1.92. The smallest absolute Gasteiger partial charge is 0.177 e. The van der Waals surface area contributed by atoms with E-state index in [1.54, 1.807) is 30.5 Å². The number of carbonyl (C=O) groups is 1. The van der Waals surface area contributed by atoms with Crippen LogP contribution in [0.1, 0.15) is 12.7 Å². The first-order valence-electron chi connectivity index (χ1n) is 6.09. The average Bonchev–Trinajstić information content (AvgIpc) is 2.84. The number of imidazole rings is 1. The Morgan fingerprint density at radius 1 is 1.47 bits per heavy atom. The summed E-state index contributed by atoms with van der Waals surface area (Å²) in [5.41, 5.74) is 0. The van der Waals surface area contributed by atoms with Gasteiger partial charge in [0.2, 0.25) is 0 Å². The fourth-order valence-electron chi connectivity index (χ4n) is 1.74. The van der Waals surface area contributed by atoms with E-state index in [1.807, 2.05) is 17.7 Å². The quantitative estimate of drug-likeness (QED) is 0.816. The van der Waals surface area contributed by atoms with Crippen molar-refractivity contribution in [2.45, 2.75) is 19.9 Å². The predicted molar refractivity (Wildman–Crippen MR) is 73.6 cm³/mol. The maximum atomic E-state index is 11.8. The summed E-state index contributed by atoms with van der Waals surface area (Å²) in [7, 11) is 0. The van der Waals surface area contributed by atoms with Crippen LogP contribution in [0.2, 0.25) is 5.02 Å². The van der Waals surface area contributed by atoms with Crippen molar-refractivity contribution in [2.75, 3.05) is 6.61 Å². The number of benzene rings is 1. The molecular formula is C14H15ClN2O2. The van der Waals surface area contributed by atoms with E-state index < -0.39 is 0 Å². The zero-order chi connectivity index (χ0) is 13.7. The topological polar surface area (TPSA) is 44.1 Å². The first-order chi connectivity index (χ1) is 9.19. The molecule has 1 aromatic carbocycles. The first kappa shape index (κ1) is 13.6. The largest absolute Gasteiger partial charge is 0.486 e. The van der Waals surface area contributed by atoms with Gasteiger partial charge in [0.25, 0.3) is 0 Å². The number of ether oxygens (including phenoxy) is 1. The lowest BCUT2D eigenvalue weighted by molar-refractivity contribution is -0.120. The molecule has 100 valence electrons. The van der Waals surface area contributed by atoms with Crippen LogP contribution in [0, 0.1) is 0 Å². The SMILES string of the molecule is CCn1ccnc1CC(=O)COc1cccc(Cl)c1. The lowest BCUT2D eigenvalue weighted by Gasteiger charge is -2.06. The number of rotatable bonds is 6. The molecule has 5 heteroatoms. The van der Waals surface area contributed by atoms with Gasteiger partial charge in [0.15, 0.2) is 5.78 Å². The summed E-state index contributed by atoms with van der Waals surface area (Å²) in [6, 6.07) is 6.99. The van der Waals surface area contributed by atoms with E-state index in [9.17, 15) is 4.79 Å². The molecule has 1 aromatic heterocycles. The molecule has 0 saturated heterocycles. The van der Waals surface area contributed by atoms with Crippen LogP contribution in [-0.4, -0.2) is 21.9 Å². The highest BCUT2D eigenvalue weighted by molar-refractivity contribution is 6.30. The molecule has 1 heterocycles. The molecule has 0 aliphatic rings. The van der Waals surface area contributed by atoms with Crippen LogP contribution < -0.4 is 4.74 Å². The Hall–Kier alpha value is -1.81. The number of nitrogens with zero attached hydrogens (tertiary/aromatic N) is 2. The molecule has 0 unspecified atom stereocenters. The first-order valence-corrected chi connectivity index (χ1v) is 6.47. The van der Waals surface area contributed by atoms with Crippen molar-refractivity contribution < 1.29 is 9.53 Å². The van der Waals surface area contributed by atoms with Gasteiger partial charge in [-0.2, -0.15) is 0 Å². The zero-order valence-electron chi connectivity index (χ0n) is 10.7. The molecule has 2 aromatic rings. The molecule has 0 saturated carbocycles. The van der Waals surface area contributed by atoms with E-state index in [-0.39, 0.29) is 18.8 Å². The summed E-state index contributed by atoms with van der Waals surface area (Å²) in [5, 5.41) is 0.589. The van der Waals surface area contributed by atoms with Crippen LogP contribution in [0.15, 0.2) is 36.7 Å². The van der Waals surface area contributed by atoms with Gasteiger partial charge in [0.1, 0.15) is 18.2 Å². The Morgan fingerprint density at radius 2 is 2.32 bits per heavy atom. The Bertz CT molecular complexity index is 566. The van der Waals surface area contributed by atoms with Gasteiger partial charge >= 0.3 is 0 Å². The van der Waals surface area contributed by atoms with Crippen molar-refractivity contribution in [2.24, 2.45) is 0 Å². The van der Waals surface area contributed by atoms with Gasteiger partial charge in [-0.25, -0.2) is 4.98 Å². The van der Waals surface area contributed by atoms with Crippen molar-refractivity contribution in [3.05, 3.63) is 47.5 Å². The van der Waals surface area contributed by atoms with E-state index >= 15 is 0 Å². The molecule has 0 fully saturated rings. The summed E-state index contributed by atoms with van der Waals surface area (Å²) in [6.45, 7) is 2.84. The van der Waals surface area contributed by atoms with Gasteiger partial charge in [0.05, 0.1) is 6.42 Å². The monoisotopic (exact) mass is 278 g/mol. The minimum atomic E-state index is -0.0131. The minimum Gasteiger partial charge on any atom is -0.486 e. The maximum absolute atomic E-state index is 11.8. The highest BCUT2D eigenvalue weighted by Gasteiger charge is 2.09. The third-order valence-electron chi connectivity index (χ3n) is 2.69. The van der Waals surface area contributed by atoms with Gasteiger partial charge in [-0.15, -0.1) is 0 Å². The number of hydrogen-bond donors (Lipinski definition) is 0. The van der Waals surface area contributed by atoms with Gasteiger partial charge in [-0.05, 0) is 25.1 Å². The standard InChI is InChI=1S/C14H15ClN2O2/c1-2-17-7-6-16-14(17)9-12(18)10-19-13-5-3-4-11(15)8-13/h3-8H,2,9-10H2,1H3. The molecule has 0 aliphatic heterocycles. The molecular weight excluding hydrogens is 264 g/mol. The van der Waals surface area contributed by atoms with Crippen molar-refractivity contribution in [3.63, 3.8) is 0 Å². The Balaban J connectivity index is 1.88. The number of aromatic nitrogens is 2. The second kappa shape index (κ2) is 6.38. The van der Waals surface area contributed by atoms with E-state index in [4.69, 9.17) is 16.3 Å². The Labute approximate surface area is 117 Å². The lowest BCUT2D eigenvalue weighted by Crippen LogP contribution is -2.16. The van der Waals surface area contributed by atoms with Crippen LogP contribution in [0.3, 0.4) is 0 Å². The zero-order valence-corrected chi connectivity index (χ0v) is 11.4. The van der Waals surface area contributed by atoms with Crippen LogP contribution in [0.4, 0.5) is 0 Å². The summed E-state index contributed by atoms with van der Waals surface area (Å²) >= 11 is 5.84. The molecule has 0 spiro atoms. The molecule has 0 radical (unpaired) electrons. The molecule has 19 heavy (non-hydrogen) atoms. The molecule has 4 nitrogen and oxygen atoms in total. The minimum absolute atomic E-state index is 0.0131. The average molecular weight is 279 g/mol. The normalized spacial score (nSPS) is 10.4. The number of Topliss-reactive ketones (excluding diaryl/α,β-unsaturated/α-hetero) is 1. The molecule has 0 aliphatic carbocycles. The molecule has 0 N–H and O–H groups in total. The lowest BCUT2D eigenvalue weighted by atomic mass is 10.3. The molecule has 0 atom stereocenters. The number of carbonyl (C=O) groups excluding carboxylic acids is 1. The van der Waals surface area contributed by atoms with Crippen molar-refractivity contribution >= 4 is 17.4 Å². The number of ketones is 1. The Morgan fingerprint density at radius 3 is 3.05 bits per heavy atom. The highest BCUT2D eigenvalue weighted by atomic mass is 35.5. The predicted octanol–water partition coefficient (Wildman–Crippen LogP) is 2.75. The summed E-state index contributed by atoms with van der Waals surface area (Å²) in [5.74, 6) is 1.35. The van der Waals surface area contributed by atoms with Crippen LogP contribution in [0.5, 0.6) is 5.75 Å². The summed E-state index contributed by atoms with van der Waals surface area (Å²) in [4.78, 5) is 16.0. The number of aryl methyl sites for hydroxylation is 1. The van der Waals surface area contributed by atoms with E-state index in [0.29, 0.717) is 10.8 Å². The third-order valence-corrected chi connectivity index (χ3v) is 2.93. The van der Waals surface area contributed by atoms with Crippen LogP contribution in [0.25, 0.3) is 0 Å².